The summed E-state index contributed by atoms with van der Waals surface area (Å²) < 4.78 is 4.26. The van der Waals surface area contributed by atoms with Crippen molar-refractivity contribution in [3.8, 4) is 0 Å². The van der Waals surface area contributed by atoms with Crippen LogP contribution in [0.15, 0.2) is 22.9 Å². The predicted octanol–water partition coefficient (Wildman–Crippen LogP) is 2.32. The van der Waals surface area contributed by atoms with E-state index >= 15 is 0 Å². The van der Waals surface area contributed by atoms with E-state index in [0.29, 0.717) is 6.42 Å². The molecule has 0 saturated heterocycles. The minimum Gasteiger partial charge on any atom is -0.469 e. The number of carbonyl (C=O) groups is 1. The molecule has 1 heterocycles. The lowest BCUT2D eigenvalue weighted by molar-refractivity contribution is -0.140. The van der Waals surface area contributed by atoms with Crippen LogP contribution in [0.1, 0.15) is 13.3 Å². The van der Waals surface area contributed by atoms with Crippen LogP contribution >= 0.6 is 11.3 Å². The molecule has 0 amide bonds. The lowest BCUT2D eigenvalue weighted by Crippen LogP contribution is -1.94. The highest BCUT2D eigenvalue weighted by Gasteiger charge is 1.87. The molecule has 0 spiro atoms. The largest absolute Gasteiger partial charge is 0.469 e. The van der Waals surface area contributed by atoms with Crippen molar-refractivity contribution in [2.45, 2.75) is 13.3 Å². The molecule has 0 bridgehead atoms. The summed E-state index contributed by atoms with van der Waals surface area (Å²) in [4.78, 5) is 9.96. The number of ether oxygens (including phenoxy) is 1. The number of thiophene rings is 1. The Morgan fingerprint density at radius 2 is 2.00 bits per heavy atom. The van der Waals surface area contributed by atoms with Crippen LogP contribution in [-0.4, -0.2) is 13.1 Å². The van der Waals surface area contributed by atoms with Gasteiger partial charge in [-0.25, -0.2) is 0 Å². The van der Waals surface area contributed by atoms with Crippen molar-refractivity contribution in [1.29, 1.82) is 0 Å². The van der Waals surface area contributed by atoms with Gasteiger partial charge < -0.3 is 4.74 Å². The molecule has 1 aromatic heterocycles. The average Bonchev–Trinajstić information content (AvgIpc) is 2.60. The summed E-state index contributed by atoms with van der Waals surface area (Å²) in [5.74, 6) is -0.157. The molecule has 0 fully saturated rings. The number of esters is 1. The topological polar surface area (TPSA) is 26.3 Å². The number of carbonyl (C=O) groups excluding carboxylic acids is 1. The highest BCUT2D eigenvalue weighted by Crippen LogP contribution is 1.91. The van der Waals surface area contributed by atoms with Crippen molar-refractivity contribution in [3.63, 3.8) is 0 Å². The van der Waals surface area contributed by atoms with Crippen molar-refractivity contribution in [1.82, 2.24) is 0 Å². The van der Waals surface area contributed by atoms with Gasteiger partial charge in [-0.3, -0.25) is 4.79 Å². The quantitative estimate of drug-likeness (QED) is 0.608. The zero-order valence-electron chi connectivity index (χ0n) is 6.74. The van der Waals surface area contributed by atoms with Gasteiger partial charge in [-0.1, -0.05) is 19.1 Å². The molecule has 0 aliphatic rings. The SMILES string of the molecule is CCC(=O)OC.c1ccsc1. The Labute approximate surface area is 70.8 Å². The Kier molecular flexibility index (Phi) is 6.73. The summed E-state index contributed by atoms with van der Waals surface area (Å²) in [6, 6.07) is 4.04. The lowest BCUT2D eigenvalue weighted by Gasteiger charge is -1.87. The van der Waals surface area contributed by atoms with Crippen molar-refractivity contribution < 1.29 is 9.53 Å². The first kappa shape index (κ1) is 10.2. The maximum absolute atomic E-state index is 9.96. The van der Waals surface area contributed by atoms with Crippen LogP contribution in [0.25, 0.3) is 0 Å². The van der Waals surface area contributed by atoms with Crippen LogP contribution in [0, 0.1) is 0 Å². The molecule has 62 valence electrons. The van der Waals surface area contributed by atoms with E-state index in [1.54, 1.807) is 18.3 Å². The van der Waals surface area contributed by atoms with Gasteiger partial charge in [0.15, 0.2) is 0 Å². The zero-order chi connectivity index (χ0) is 8.53. The minimum absolute atomic E-state index is 0.157. The molecule has 1 rings (SSSR count). The zero-order valence-corrected chi connectivity index (χ0v) is 7.56. The van der Waals surface area contributed by atoms with Gasteiger partial charge in [0.1, 0.15) is 0 Å². The third kappa shape index (κ3) is 7.06. The van der Waals surface area contributed by atoms with Gasteiger partial charge in [0.2, 0.25) is 0 Å². The standard InChI is InChI=1S/C4H8O2.C4H4S/c1-3-4(5)6-2;1-2-4-5-3-1/h3H2,1-2H3;1-4H. The molecule has 2 nitrogen and oxygen atoms in total. The minimum atomic E-state index is -0.157. The van der Waals surface area contributed by atoms with E-state index in [9.17, 15) is 4.79 Å². The van der Waals surface area contributed by atoms with Crippen LogP contribution in [0.3, 0.4) is 0 Å². The summed E-state index contributed by atoms with van der Waals surface area (Å²) in [5, 5.41) is 4.08. The maximum Gasteiger partial charge on any atom is 0.305 e. The van der Waals surface area contributed by atoms with Crippen molar-refractivity contribution in [2.75, 3.05) is 7.11 Å². The number of hydrogen-bond donors (Lipinski definition) is 0. The van der Waals surface area contributed by atoms with E-state index in [2.05, 4.69) is 4.74 Å². The highest BCUT2D eigenvalue weighted by atomic mass is 32.1. The van der Waals surface area contributed by atoms with Crippen LogP contribution < -0.4 is 0 Å². The number of rotatable bonds is 1. The first-order valence-corrected chi connectivity index (χ1v) is 4.29. The van der Waals surface area contributed by atoms with E-state index in [-0.39, 0.29) is 5.97 Å². The van der Waals surface area contributed by atoms with E-state index in [4.69, 9.17) is 0 Å². The molecule has 0 aliphatic carbocycles. The third-order valence-electron chi connectivity index (χ3n) is 0.942. The molecule has 0 radical (unpaired) electrons. The van der Waals surface area contributed by atoms with Gasteiger partial charge in [-0.05, 0) is 10.8 Å². The van der Waals surface area contributed by atoms with E-state index in [0.717, 1.165) is 0 Å². The third-order valence-corrected chi connectivity index (χ3v) is 1.57. The summed E-state index contributed by atoms with van der Waals surface area (Å²) in [7, 11) is 1.38. The molecule has 1 aromatic rings. The van der Waals surface area contributed by atoms with Gasteiger partial charge in [0.05, 0.1) is 7.11 Å². The number of methoxy groups -OCH3 is 1. The average molecular weight is 172 g/mol. The smallest absolute Gasteiger partial charge is 0.305 e. The van der Waals surface area contributed by atoms with Gasteiger partial charge in [0.25, 0.3) is 0 Å². The molecule has 11 heavy (non-hydrogen) atoms. The van der Waals surface area contributed by atoms with Crippen molar-refractivity contribution >= 4 is 17.3 Å². The van der Waals surface area contributed by atoms with Crippen LogP contribution in [0.2, 0.25) is 0 Å². The molecule has 0 N–H and O–H groups in total. The summed E-state index contributed by atoms with van der Waals surface area (Å²) in [5.41, 5.74) is 0. The molecule has 0 unspecified atom stereocenters. The van der Waals surface area contributed by atoms with Gasteiger partial charge in [-0.15, -0.1) is 0 Å². The fraction of sp³-hybridized carbons (Fsp3) is 0.375. The van der Waals surface area contributed by atoms with Crippen LogP contribution in [0.5, 0.6) is 0 Å². The lowest BCUT2D eigenvalue weighted by atomic mass is 10.5. The molecule has 3 heteroatoms. The van der Waals surface area contributed by atoms with Crippen LogP contribution in [0.4, 0.5) is 0 Å². The predicted molar refractivity (Wildman–Crippen MR) is 46.6 cm³/mol. The Morgan fingerprint density at radius 3 is 2.09 bits per heavy atom. The normalized spacial score (nSPS) is 7.82. The molecule has 0 saturated carbocycles. The summed E-state index contributed by atoms with van der Waals surface area (Å²) in [6.07, 6.45) is 0.469. The fourth-order valence-corrected chi connectivity index (χ4v) is 0.825. The van der Waals surface area contributed by atoms with Gasteiger partial charge in [0, 0.05) is 6.42 Å². The Hall–Kier alpha value is -0.830. The molecule has 0 aliphatic heterocycles. The van der Waals surface area contributed by atoms with Gasteiger partial charge in [-0.2, -0.15) is 11.3 Å². The van der Waals surface area contributed by atoms with Crippen molar-refractivity contribution in [3.05, 3.63) is 22.9 Å². The highest BCUT2D eigenvalue weighted by molar-refractivity contribution is 7.07. The second kappa shape index (κ2) is 7.28. The van der Waals surface area contributed by atoms with Crippen molar-refractivity contribution in [2.24, 2.45) is 0 Å². The Morgan fingerprint density at radius 1 is 1.45 bits per heavy atom. The molecular formula is C8H12O2S. The van der Waals surface area contributed by atoms with E-state index < -0.39 is 0 Å². The summed E-state index contributed by atoms with van der Waals surface area (Å²) >= 11 is 1.71. The first-order valence-electron chi connectivity index (χ1n) is 3.35. The Balaban J connectivity index is 0.000000183. The maximum atomic E-state index is 9.96. The fourth-order valence-electron chi connectivity index (χ4n) is 0.371. The van der Waals surface area contributed by atoms with E-state index in [1.165, 1.54) is 7.11 Å². The monoisotopic (exact) mass is 172 g/mol. The number of hydrogen-bond acceptors (Lipinski definition) is 3. The Bertz CT molecular complexity index is 147. The molecule has 0 atom stereocenters. The molecular weight excluding hydrogens is 160 g/mol. The molecule has 0 aromatic carbocycles. The second-order valence-electron chi connectivity index (χ2n) is 1.72. The van der Waals surface area contributed by atoms with Crippen LogP contribution in [-0.2, 0) is 9.53 Å². The summed E-state index contributed by atoms with van der Waals surface area (Å²) in [6.45, 7) is 1.76. The first-order chi connectivity index (χ1) is 5.31. The van der Waals surface area contributed by atoms with E-state index in [1.807, 2.05) is 22.9 Å². The van der Waals surface area contributed by atoms with Gasteiger partial charge >= 0.3 is 5.97 Å². The second-order valence-corrected chi connectivity index (χ2v) is 2.54.